The second-order valence-corrected chi connectivity index (χ2v) is 4.71. The van der Waals surface area contributed by atoms with E-state index in [2.05, 4.69) is 15.9 Å². The highest BCUT2D eigenvalue weighted by molar-refractivity contribution is 9.10. The number of carboxylic acids is 2. The first-order valence-corrected chi connectivity index (χ1v) is 6.31. The molecule has 102 valence electrons. The SMILES string of the molecule is O=C(O)c1ccc(Oc2ccccc2Br)c(C(=O)O)c1. The molecule has 0 aliphatic heterocycles. The number of benzene rings is 2. The predicted molar refractivity (Wildman–Crippen MR) is 74.6 cm³/mol. The molecule has 0 radical (unpaired) electrons. The third-order valence-electron chi connectivity index (χ3n) is 2.51. The Hall–Kier alpha value is -2.34. The van der Waals surface area contributed by atoms with Crippen molar-refractivity contribution in [1.29, 1.82) is 0 Å². The summed E-state index contributed by atoms with van der Waals surface area (Å²) >= 11 is 3.29. The molecule has 0 saturated carbocycles. The zero-order chi connectivity index (χ0) is 14.7. The van der Waals surface area contributed by atoms with Gasteiger partial charge in [0.25, 0.3) is 0 Å². The molecule has 0 aromatic heterocycles. The van der Waals surface area contributed by atoms with E-state index in [1.54, 1.807) is 24.3 Å². The largest absolute Gasteiger partial charge is 0.478 e. The van der Waals surface area contributed by atoms with E-state index in [1.807, 2.05) is 0 Å². The first kappa shape index (κ1) is 14.1. The maximum atomic E-state index is 11.2. The van der Waals surface area contributed by atoms with Crippen molar-refractivity contribution in [2.75, 3.05) is 0 Å². The number of carbonyl (C=O) groups is 2. The summed E-state index contributed by atoms with van der Waals surface area (Å²) in [4.78, 5) is 22.0. The van der Waals surface area contributed by atoms with Crippen molar-refractivity contribution in [2.24, 2.45) is 0 Å². The van der Waals surface area contributed by atoms with Gasteiger partial charge in [0.2, 0.25) is 0 Å². The van der Waals surface area contributed by atoms with Crippen LogP contribution in [0.4, 0.5) is 0 Å². The topological polar surface area (TPSA) is 83.8 Å². The average molecular weight is 337 g/mol. The molecule has 20 heavy (non-hydrogen) atoms. The Balaban J connectivity index is 2.44. The second kappa shape index (κ2) is 5.75. The lowest BCUT2D eigenvalue weighted by Gasteiger charge is -2.10. The number of halogens is 1. The number of rotatable bonds is 4. The number of hydrogen-bond donors (Lipinski definition) is 2. The van der Waals surface area contributed by atoms with Crippen LogP contribution in [0.25, 0.3) is 0 Å². The molecule has 2 aromatic carbocycles. The molecule has 0 heterocycles. The van der Waals surface area contributed by atoms with Gasteiger partial charge in [-0.1, -0.05) is 12.1 Å². The van der Waals surface area contributed by atoms with Crippen molar-refractivity contribution in [1.82, 2.24) is 0 Å². The van der Waals surface area contributed by atoms with E-state index in [9.17, 15) is 9.59 Å². The van der Waals surface area contributed by atoms with Crippen LogP contribution in [-0.2, 0) is 0 Å². The van der Waals surface area contributed by atoms with Crippen LogP contribution in [0.2, 0.25) is 0 Å². The van der Waals surface area contributed by atoms with E-state index in [4.69, 9.17) is 14.9 Å². The molecule has 0 unspecified atom stereocenters. The van der Waals surface area contributed by atoms with Crippen molar-refractivity contribution in [3.05, 3.63) is 58.1 Å². The molecule has 0 bridgehead atoms. The number of para-hydroxylation sites is 1. The molecule has 0 atom stereocenters. The van der Waals surface area contributed by atoms with Crippen LogP contribution < -0.4 is 4.74 Å². The standard InChI is InChI=1S/C14H9BrO5/c15-10-3-1-2-4-12(10)20-11-6-5-8(13(16)17)7-9(11)14(18)19/h1-7H,(H,16,17)(H,18,19). The highest BCUT2D eigenvalue weighted by Crippen LogP contribution is 2.31. The number of ether oxygens (including phenoxy) is 1. The summed E-state index contributed by atoms with van der Waals surface area (Å²) in [5.74, 6) is -1.93. The fraction of sp³-hybridized carbons (Fsp3) is 0. The molecular weight excluding hydrogens is 328 g/mol. The molecule has 0 spiro atoms. The molecule has 0 aliphatic rings. The smallest absolute Gasteiger partial charge is 0.339 e. The number of carboxylic acid groups (broad SMARTS) is 2. The van der Waals surface area contributed by atoms with Crippen LogP contribution in [0.1, 0.15) is 20.7 Å². The van der Waals surface area contributed by atoms with E-state index in [-0.39, 0.29) is 16.9 Å². The van der Waals surface area contributed by atoms with Gasteiger partial charge >= 0.3 is 11.9 Å². The molecule has 0 amide bonds. The Kier molecular flexibility index (Phi) is 4.05. The molecule has 0 saturated heterocycles. The zero-order valence-corrected chi connectivity index (χ0v) is 11.6. The Labute approximate surface area is 122 Å². The van der Waals surface area contributed by atoms with Gasteiger partial charge in [-0.3, -0.25) is 0 Å². The van der Waals surface area contributed by atoms with E-state index in [1.165, 1.54) is 12.1 Å². The molecule has 2 aromatic rings. The molecular formula is C14H9BrO5. The lowest BCUT2D eigenvalue weighted by atomic mass is 10.1. The minimum atomic E-state index is -1.25. The third-order valence-corrected chi connectivity index (χ3v) is 3.17. The van der Waals surface area contributed by atoms with Crippen LogP contribution in [-0.4, -0.2) is 22.2 Å². The number of aromatic carboxylic acids is 2. The maximum absolute atomic E-state index is 11.2. The van der Waals surface area contributed by atoms with Gasteiger partial charge in [-0.25, -0.2) is 9.59 Å². The van der Waals surface area contributed by atoms with Gasteiger partial charge < -0.3 is 14.9 Å². The summed E-state index contributed by atoms with van der Waals surface area (Å²) in [6, 6.07) is 10.6. The van der Waals surface area contributed by atoms with Gasteiger partial charge in [-0.05, 0) is 46.3 Å². The fourth-order valence-electron chi connectivity index (χ4n) is 1.57. The van der Waals surface area contributed by atoms with Gasteiger partial charge in [0.05, 0.1) is 10.0 Å². The lowest BCUT2D eigenvalue weighted by molar-refractivity contribution is 0.0694. The monoisotopic (exact) mass is 336 g/mol. The van der Waals surface area contributed by atoms with Gasteiger partial charge in [0.1, 0.15) is 17.1 Å². The first-order chi connectivity index (χ1) is 9.49. The van der Waals surface area contributed by atoms with Crippen molar-refractivity contribution in [3.63, 3.8) is 0 Å². The van der Waals surface area contributed by atoms with Crippen LogP contribution in [0.5, 0.6) is 11.5 Å². The van der Waals surface area contributed by atoms with Gasteiger partial charge in [-0.2, -0.15) is 0 Å². The average Bonchev–Trinajstić information content (AvgIpc) is 2.41. The summed E-state index contributed by atoms with van der Waals surface area (Å²) < 4.78 is 6.18. The molecule has 6 heteroatoms. The van der Waals surface area contributed by atoms with Crippen LogP contribution in [0, 0.1) is 0 Å². The van der Waals surface area contributed by atoms with Crippen molar-refractivity contribution in [2.45, 2.75) is 0 Å². The Morgan fingerprint density at radius 2 is 1.65 bits per heavy atom. The first-order valence-electron chi connectivity index (χ1n) is 5.52. The summed E-state index contributed by atoms with van der Waals surface area (Å²) in [5, 5.41) is 18.0. The highest BCUT2D eigenvalue weighted by Gasteiger charge is 2.16. The second-order valence-electron chi connectivity index (χ2n) is 3.85. The van der Waals surface area contributed by atoms with Crippen LogP contribution in [0.15, 0.2) is 46.9 Å². The van der Waals surface area contributed by atoms with E-state index >= 15 is 0 Å². The molecule has 2 N–H and O–H groups in total. The molecule has 0 aliphatic carbocycles. The fourth-order valence-corrected chi connectivity index (χ4v) is 1.93. The minimum Gasteiger partial charge on any atom is -0.478 e. The lowest BCUT2D eigenvalue weighted by Crippen LogP contribution is -2.04. The quantitative estimate of drug-likeness (QED) is 0.890. The highest BCUT2D eigenvalue weighted by atomic mass is 79.9. The zero-order valence-electron chi connectivity index (χ0n) is 10.0. The molecule has 5 nitrogen and oxygen atoms in total. The van der Waals surface area contributed by atoms with Crippen molar-refractivity contribution < 1.29 is 24.5 Å². The summed E-state index contributed by atoms with van der Waals surface area (Å²) in [5.41, 5.74) is -0.317. The number of hydrogen-bond acceptors (Lipinski definition) is 3. The van der Waals surface area contributed by atoms with Gasteiger partial charge in [-0.15, -0.1) is 0 Å². The van der Waals surface area contributed by atoms with Crippen molar-refractivity contribution in [3.8, 4) is 11.5 Å². The van der Waals surface area contributed by atoms with Crippen LogP contribution >= 0.6 is 15.9 Å². The Morgan fingerprint density at radius 3 is 2.25 bits per heavy atom. The van der Waals surface area contributed by atoms with Crippen LogP contribution in [0.3, 0.4) is 0 Å². The van der Waals surface area contributed by atoms with E-state index in [0.717, 1.165) is 6.07 Å². The Bertz CT molecular complexity index is 681. The van der Waals surface area contributed by atoms with Gasteiger partial charge in [0.15, 0.2) is 0 Å². The maximum Gasteiger partial charge on any atom is 0.339 e. The minimum absolute atomic E-state index is 0.0781. The molecule has 0 fully saturated rings. The molecule has 2 rings (SSSR count). The third kappa shape index (κ3) is 2.97. The van der Waals surface area contributed by atoms with Gasteiger partial charge in [0, 0.05) is 0 Å². The van der Waals surface area contributed by atoms with E-state index in [0.29, 0.717) is 10.2 Å². The Morgan fingerprint density at radius 1 is 0.950 bits per heavy atom. The normalized spacial score (nSPS) is 10.1. The predicted octanol–water partition coefficient (Wildman–Crippen LogP) is 3.64. The summed E-state index contributed by atoms with van der Waals surface area (Å²) in [6.45, 7) is 0. The van der Waals surface area contributed by atoms with E-state index < -0.39 is 11.9 Å². The van der Waals surface area contributed by atoms with Crippen molar-refractivity contribution >= 4 is 27.9 Å². The summed E-state index contributed by atoms with van der Waals surface area (Å²) in [6.07, 6.45) is 0. The summed E-state index contributed by atoms with van der Waals surface area (Å²) in [7, 11) is 0.